The summed E-state index contributed by atoms with van der Waals surface area (Å²) in [5.41, 5.74) is 0. The Labute approximate surface area is 91.2 Å². The van der Waals surface area contributed by atoms with Gasteiger partial charge in [-0.3, -0.25) is 9.59 Å². The maximum Gasteiger partial charge on any atom is 0.317 e. The minimum Gasteiger partial charge on any atom is -0.393 e. The molecule has 1 heterocycles. The van der Waals surface area contributed by atoms with Gasteiger partial charge in [-0.25, -0.2) is 0 Å². The molecular weight excluding hydrogens is 192 g/mol. The molecule has 0 aromatic rings. The quantitative estimate of drug-likeness (QED) is 0.519. The van der Waals surface area contributed by atoms with Gasteiger partial charge in [0.25, 0.3) is 0 Å². The Bertz CT molecular complexity index is 245. The van der Waals surface area contributed by atoms with E-state index in [-0.39, 0.29) is 24.3 Å². The Morgan fingerprint density at radius 1 is 1.40 bits per heavy atom. The smallest absolute Gasteiger partial charge is 0.317 e. The fourth-order valence-electron chi connectivity index (χ4n) is 2.16. The second kappa shape index (κ2) is 5.29. The lowest BCUT2D eigenvalue weighted by Gasteiger charge is -2.21. The third-order valence-electron chi connectivity index (χ3n) is 3.15. The SMILES string of the molecule is CCCC(CC1CC(=O)OC1=O)C(C)C. The Hall–Kier alpha value is -0.860. The number of hydrogen-bond acceptors (Lipinski definition) is 3. The molecule has 1 fully saturated rings. The Balaban J connectivity index is 2.50. The van der Waals surface area contributed by atoms with Crippen LogP contribution in [0.15, 0.2) is 0 Å². The first-order valence-corrected chi connectivity index (χ1v) is 5.79. The van der Waals surface area contributed by atoms with E-state index in [1.165, 1.54) is 0 Å². The molecule has 86 valence electrons. The highest BCUT2D eigenvalue weighted by atomic mass is 16.6. The summed E-state index contributed by atoms with van der Waals surface area (Å²) in [5, 5.41) is 0. The van der Waals surface area contributed by atoms with Crippen LogP contribution in [0.1, 0.15) is 46.5 Å². The summed E-state index contributed by atoms with van der Waals surface area (Å²) in [6, 6.07) is 0. The number of hydrogen-bond donors (Lipinski definition) is 0. The predicted molar refractivity (Wildman–Crippen MR) is 57.1 cm³/mol. The summed E-state index contributed by atoms with van der Waals surface area (Å²) in [5.74, 6) is 0.231. The third kappa shape index (κ3) is 3.33. The van der Waals surface area contributed by atoms with Crippen molar-refractivity contribution in [3.63, 3.8) is 0 Å². The molecule has 15 heavy (non-hydrogen) atoms. The number of ether oxygens (including phenoxy) is 1. The zero-order valence-electron chi connectivity index (χ0n) is 9.79. The van der Waals surface area contributed by atoms with Gasteiger partial charge in [0.1, 0.15) is 0 Å². The summed E-state index contributed by atoms with van der Waals surface area (Å²) < 4.78 is 4.55. The van der Waals surface area contributed by atoms with E-state index >= 15 is 0 Å². The molecule has 1 saturated heterocycles. The molecule has 0 bridgehead atoms. The van der Waals surface area contributed by atoms with E-state index < -0.39 is 0 Å². The molecule has 1 rings (SSSR count). The molecule has 0 radical (unpaired) electrons. The maximum absolute atomic E-state index is 11.3. The van der Waals surface area contributed by atoms with Gasteiger partial charge in [-0.2, -0.15) is 0 Å². The van der Waals surface area contributed by atoms with Crippen LogP contribution in [0.5, 0.6) is 0 Å². The van der Waals surface area contributed by atoms with Crippen molar-refractivity contribution in [1.29, 1.82) is 0 Å². The Morgan fingerprint density at radius 3 is 2.47 bits per heavy atom. The highest BCUT2D eigenvalue weighted by molar-refractivity contribution is 5.94. The fraction of sp³-hybridized carbons (Fsp3) is 0.833. The van der Waals surface area contributed by atoms with Gasteiger partial charge in [-0.05, 0) is 18.3 Å². The molecule has 1 aliphatic rings. The van der Waals surface area contributed by atoms with Crippen LogP contribution in [0.3, 0.4) is 0 Å². The van der Waals surface area contributed by atoms with E-state index in [1.807, 2.05) is 0 Å². The summed E-state index contributed by atoms with van der Waals surface area (Å²) in [7, 11) is 0. The van der Waals surface area contributed by atoms with E-state index in [2.05, 4.69) is 25.5 Å². The van der Waals surface area contributed by atoms with Gasteiger partial charge in [-0.15, -0.1) is 0 Å². The summed E-state index contributed by atoms with van der Waals surface area (Å²) in [6.45, 7) is 6.48. The molecule has 0 amide bonds. The van der Waals surface area contributed by atoms with Gasteiger partial charge in [0.05, 0.1) is 12.3 Å². The zero-order chi connectivity index (χ0) is 11.4. The van der Waals surface area contributed by atoms with E-state index in [1.54, 1.807) is 0 Å². The highest BCUT2D eigenvalue weighted by Gasteiger charge is 2.35. The van der Waals surface area contributed by atoms with Crippen LogP contribution >= 0.6 is 0 Å². The van der Waals surface area contributed by atoms with Crippen LogP contribution in [0, 0.1) is 17.8 Å². The topological polar surface area (TPSA) is 43.4 Å². The van der Waals surface area contributed by atoms with Gasteiger partial charge in [0, 0.05) is 0 Å². The number of carbonyl (C=O) groups is 2. The van der Waals surface area contributed by atoms with Crippen LogP contribution in [0.2, 0.25) is 0 Å². The highest BCUT2D eigenvalue weighted by Crippen LogP contribution is 2.30. The predicted octanol–water partition coefficient (Wildman–Crippen LogP) is 2.54. The van der Waals surface area contributed by atoms with Crippen molar-refractivity contribution in [2.45, 2.75) is 46.5 Å². The Morgan fingerprint density at radius 2 is 2.07 bits per heavy atom. The first kappa shape index (κ1) is 12.2. The molecule has 3 heteroatoms. The van der Waals surface area contributed by atoms with Gasteiger partial charge in [-0.1, -0.05) is 33.6 Å². The van der Waals surface area contributed by atoms with Crippen LogP contribution in [0.25, 0.3) is 0 Å². The van der Waals surface area contributed by atoms with Crippen LogP contribution in [-0.4, -0.2) is 11.9 Å². The third-order valence-corrected chi connectivity index (χ3v) is 3.15. The first-order valence-electron chi connectivity index (χ1n) is 5.79. The number of esters is 2. The minimum atomic E-state index is -0.357. The van der Waals surface area contributed by atoms with E-state index in [0.29, 0.717) is 11.8 Å². The summed E-state index contributed by atoms with van der Waals surface area (Å²) >= 11 is 0. The van der Waals surface area contributed by atoms with Crippen molar-refractivity contribution >= 4 is 11.9 Å². The fourth-order valence-corrected chi connectivity index (χ4v) is 2.16. The molecule has 1 aliphatic heterocycles. The Kier molecular flexibility index (Phi) is 4.30. The lowest BCUT2D eigenvalue weighted by molar-refractivity contribution is -0.153. The van der Waals surface area contributed by atoms with E-state index in [9.17, 15) is 9.59 Å². The van der Waals surface area contributed by atoms with Crippen molar-refractivity contribution in [2.75, 3.05) is 0 Å². The normalized spacial score (nSPS) is 23.3. The summed E-state index contributed by atoms with van der Waals surface area (Å²) in [6.07, 6.45) is 3.33. The molecule has 0 saturated carbocycles. The number of rotatable bonds is 5. The average molecular weight is 212 g/mol. The number of carbonyl (C=O) groups excluding carboxylic acids is 2. The second-order valence-electron chi connectivity index (χ2n) is 4.72. The number of cyclic esters (lactones) is 2. The molecule has 2 unspecified atom stereocenters. The van der Waals surface area contributed by atoms with E-state index in [4.69, 9.17) is 0 Å². The lowest BCUT2D eigenvalue weighted by atomic mass is 9.83. The standard InChI is InChI=1S/C12H20O3/c1-4-5-9(8(2)3)6-10-7-11(13)15-12(10)14/h8-10H,4-7H2,1-3H3. The lowest BCUT2D eigenvalue weighted by Crippen LogP contribution is -2.17. The van der Waals surface area contributed by atoms with Crippen molar-refractivity contribution in [1.82, 2.24) is 0 Å². The molecule has 0 N–H and O–H groups in total. The van der Waals surface area contributed by atoms with Crippen molar-refractivity contribution in [3.05, 3.63) is 0 Å². The van der Waals surface area contributed by atoms with Gasteiger partial charge in [0.2, 0.25) is 0 Å². The van der Waals surface area contributed by atoms with E-state index in [0.717, 1.165) is 19.3 Å². The maximum atomic E-state index is 11.3. The van der Waals surface area contributed by atoms with Gasteiger partial charge < -0.3 is 4.74 Å². The van der Waals surface area contributed by atoms with Crippen LogP contribution in [-0.2, 0) is 14.3 Å². The minimum absolute atomic E-state index is 0.184. The molecule has 3 nitrogen and oxygen atoms in total. The average Bonchev–Trinajstić information content (AvgIpc) is 2.44. The first-order chi connectivity index (χ1) is 7.04. The largest absolute Gasteiger partial charge is 0.393 e. The van der Waals surface area contributed by atoms with Crippen LogP contribution < -0.4 is 0 Å². The zero-order valence-corrected chi connectivity index (χ0v) is 9.79. The van der Waals surface area contributed by atoms with Crippen molar-refractivity contribution < 1.29 is 14.3 Å². The summed E-state index contributed by atoms with van der Waals surface area (Å²) in [4.78, 5) is 22.2. The van der Waals surface area contributed by atoms with Crippen molar-refractivity contribution in [3.8, 4) is 0 Å². The molecule has 0 aromatic carbocycles. The van der Waals surface area contributed by atoms with Gasteiger partial charge in [0.15, 0.2) is 0 Å². The molecule has 0 spiro atoms. The molecule has 2 atom stereocenters. The molecule has 0 aliphatic carbocycles. The second-order valence-corrected chi connectivity index (χ2v) is 4.72. The monoisotopic (exact) mass is 212 g/mol. The molecular formula is C12H20O3. The van der Waals surface area contributed by atoms with Gasteiger partial charge >= 0.3 is 11.9 Å². The van der Waals surface area contributed by atoms with Crippen molar-refractivity contribution in [2.24, 2.45) is 17.8 Å². The van der Waals surface area contributed by atoms with Crippen LogP contribution in [0.4, 0.5) is 0 Å². The molecule has 0 aromatic heterocycles.